The van der Waals surface area contributed by atoms with Crippen molar-refractivity contribution in [2.75, 3.05) is 13.2 Å². The molecule has 1 aliphatic heterocycles. The first-order valence-corrected chi connectivity index (χ1v) is 6.49. The number of urea groups is 1. The summed E-state index contributed by atoms with van der Waals surface area (Å²) in [5.74, 6) is -2.24. The Balaban J connectivity index is 2.61. The smallest absolute Gasteiger partial charge is 0.326 e. The molecule has 0 aliphatic carbocycles. The van der Waals surface area contributed by atoms with E-state index in [4.69, 9.17) is 10.2 Å². The van der Waals surface area contributed by atoms with Crippen molar-refractivity contribution in [2.45, 2.75) is 38.3 Å². The highest BCUT2D eigenvalue weighted by atomic mass is 16.4. The Morgan fingerprint density at radius 3 is 2.50 bits per heavy atom. The predicted octanol–water partition coefficient (Wildman–Crippen LogP) is -0.283. The lowest BCUT2D eigenvalue weighted by Crippen LogP contribution is -2.51. The van der Waals surface area contributed by atoms with Crippen molar-refractivity contribution in [2.24, 2.45) is 5.92 Å². The van der Waals surface area contributed by atoms with Crippen LogP contribution in [0.25, 0.3) is 0 Å². The molecule has 3 atom stereocenters. The van der Waals surface area contributed by atoms with Gasteiger partial charge in [-0.05, 0) is 18.8 Å². The van der Waals surface area contributed by atoms with Gasteiger partial charge in [-0.25, -0.2) is 9.59 Å². The van der Waals surface area contributed by atoms with Crippen LogP contribution in [0.1, 0.15) is 26.2 Å². The number of hydrogen-bond acceptors (Lipinski definition) is 4. The Kier molecular flexibility index (Phi) is 5.75. The SMILES string of the molecule is CC1CCN(C(=O)NC(CCC(=O)O)C(=O)O)C1CO. The summed E-state index contributed by atoms with van der Waals surface area (Å²) in [4.78, 5) is 34.9. The number of carbonyl (C=O) groups is 3. The van der Waals surface area contributed by atoms with Gasteiger partial charge < -0.3 is 25.5 Å². The van der Waals surface area contributed by atoms with Gasteiger partial charge in [-0.15, -0.1) is 0 Å². The molecule has 1 saturated heterocycles. The summed E-state index contributed by atoms with van der Waals surface area (Å²) >= 11 is 0. The van der Waals surface area contributed by atoms with Crippen LogP contribution < -0.4 is 5.32 Å². The minimum atomic E-state index is -1.27. The number of aliphatic hydroxyl groups excluding tert-OH is 1. The van der Waals surface area contributed by atoms with E-state index in [1.807, 2.05) is 6.92 Å². The molecule has 20 heavy (non-hydrogen) atoms. The van der Waals surface area contributed by atoms with Crippen LogP contribution in [0.3, 0.4) is 0 Å². The molecule has 8 heteroatoms. The van der Waals surface area contributed by atoms with Crippen molar-refractivity contribution in [3.05, 3.63) is 0 Å². The summed E-state index contributed by atoms with van der Waals surface area (Å²) in [5, 5.41) is 29.1. The number of likely N-dealkylation sites (tertiary alicyclic amines) is 1. The highest BCUT2D eigenvalue weighted by molar-refractivity contribution is 5.83. The molecule has 3 unspecified atom stereocenters. The molecule has 0 spiro atoms. The average molecular weight is 288 g/mol. The van der Waals surface area contributed by atoms with Crippen LogP contribution in [-0.4, -0.2) is 63.4 Å². The molecule has 1 aliphatic rings. The number of carboxylic acids is 2. The lowest BCUT2D eigenvalue weighted by molar-refractivity contribution is -0.140. The molecule has 8 nitrogen and oxygen atoms in total. The standard InChI is InChI=1S/C12H20N2O6/c1-7-4-5-14(9(7)6-15)12(20)13-8(11(18)19)2-3-10(16)17/h7-9,15H,2-6H2,1H3,(H,13,20)(H,16,17)(H,18,19). The van der Waals surface area contributed by atoms with Gasteiger partial charge in [-0.2, -0.15) is 0 Å². The Hall–Kier alpha value is -1.83. The lowest BCUT2D eigenvalue weighted by atomic mass is 10.0. The summed E-state index contributed by atoms with van der Waals surface area (Å²) < 4.78 is 0. The van der Waals surface area contributed by atoms with Crippen molar-refractivity contribution < 1.29 is 29.7 Å². The van der Waals surface area contributed by atoms with Gasteiger partial charge in [-0.1, -0.05) is 6.92 Å². The molecule has 0 aromatic carbocycles. The monoisotopic (exact) mass is 288 g/mol. The van der Waals surface area contributed by atoms with E-state index in [1.165, 1.54) is 4.90 Å². The maximum atomic E-state index is 12.0. The van der Waals surface area contributed by atoms with Gasteiger partial charge in [0.25, 0.3) is 0 Å². The van der Waals surface area contributed by atoms with Crippen LogP contribution >= 0.6 is 0 Å². The Morgan fingerprint density at radius 1 is 1.35 bits per heavy atom. The van der Waals surface area contributed by atoms with Crippen LogP contribution in [0.2, 0.25) is 0 Å². The average Bonchev–Trinajstić information content (AvgIpc) is 2.74. The van der Waals surface area contributed by atoms with Gasteiger partial charge in [-0.3, -0.25) is 4.79 Å². The second kappa shape index (κ2) is 7.09. The Bertz CT molecular complexity index is 386. The zero-order valence-corrected chi connectivity index (χ0v) is 11.3. The van der Waals surface area contributed by atoms with Crippen molar-refractivity contribution in [1.29, 1.82) is 0 Å². The maximum absolute atomic E-state index is 12.0. The largest absolute Gasteiger partial charge is 0.481 e. The number of amides is 2. The molecular weight excluding hydrogens is 268 g/mol. The topological polar surface area (TPSA) is 127 Å². The third-order valence-electron chi connectivity index (χ3n) is 3.57. The zero-order chi connectivity index (χ0) is 15.3. The normalized spacial score (nSPS) is 23.4. The van der Waals surface area contributed by atoms with Gasteiger partial charge in [0, 0.05) is 13.0 Å². The van der Waals surface area contributed by atoms with Crippen molar-refractivity contribution in [3.63, 3.8) is 0 Å². The fourth-order valence-corrected chi connectivity index (χ4v) is 2.30. The minimum absolute atomic E-state index is 0.146. The Labute approximate surface area is 116 Å². The van der Waals surface area contributed by atoms with E-state index in [0.717, 1.165) is 6.42 Å². The van der Waals surface area contributed by atoms with Crippen LogP contribution in [0.15, 0.2) is 0 Å². The van der Waals surface area contributed by atoms with E-state index in [2.05, 4.69) is 5.32 Å². The van der Waals surface area contributed by atoms with Crippen LogP contribution in [0, 0.1) is 5.92 Å². The fourth-order valence-electron chi connectivity index (χ4n) is 2.30. The highest BCUT2D eigenvalue weighted by Gasteiger charge is 2.35. The molecule has 0 aromatic heterocycles. The molecule has 2 amide bonds. The second-order valence-corrected chi connectivity index (χ2v) is 4.98. The first kappa shape index (κ1) is 16.2. The third kappa shape index (κ3) is 4.09. The first-order chi connectivity index (χ1) is 9.36. The highest BCUT2D eigenvalue weighted by Crippen LogP contribution is 2.23. The number of aliphatic hydroxyl groups is 1. The molecule has 4 N–H and O–H groups in total. The molecule has 114 valence electrons. The molecule has 0 bridgehead atoms. The second-order valence-electron chi connectivity index (χ2n) is 4.98. The van der Waals surface area contributed by atoms with Gasteiger partial charge in [0.15, 0.2) is 0 Å². The van der Waals surface area contributed by atoms with Crippen molar-refractivity contribution in [1.82, 2.24) is 10.2 Å². The van der Waals surface area contributed by atoms with Crippen molar-refractivity contribution >= 4 is 18.0 Å². The number of nitrogens with one attached hydrogen (secondary N) is 1. The number of carboxylic acid groups (broad SMARTS) is 2. The van der Waals surface area contributed by atoms with E-state index < -0.39 is 24.0 Å². The molecule has 0 radical (unpaired) electrons. The van der Waals surface area contributed by atoms with Crippen LogP contribution in [0.4, 0.5) is 4.79 Å². The van der Waals surface area contributed by atoms with E-state index in [0.29, 0.717) is 6.54 Å². The number of aliphatic carboxylic acids is 2. The minimum Gasteiger partial charge on any atom is -0.481 e. The molecule has 1 heterocycles. The molecule has 1 fully saturated rings. The van der Waals surface area contributed by atoms with Gasteiger partial charge in [0.1, 0.15) is 6.04 Å². The summed E-state index contributed by atoms with van der Waals surface area (Å²) in [6.07, 6.45) is 0.228. The molecule has 0 saturated carbocycles. The zero-order valence-electron chi connectivity index (χ0n) is 11.3. The summed E-state index contributed by atoms with van der Waals surface area (Å²) in [6, 6.07) is -2.15. The summed E-state index contributed by atoms with van der Waals surface area (Å²) in [6.45, 7) is 2.18. The molecule has 1 rings (SSSR count). The third-order valence-corrected chi connectivity index (χ3v) is 3.57. The van der Waals surface area contributed by atoms with E-state index in [9.17, 15) is 19.5 Å². The van der Waals surface area contributed by atoms with Gasteiger partial charge >= 0.3 is 18.0 Å². The predicted molar refractivity (Wildman–Crippen MR) is 68.2 cm³/mol. The fraction of sp³-hybridized carbons (Fsp3) is 0.750. The van der Waals surface area contributed by atoms with Gasteiger partial charge in [0.2, 0.25) is 0 Å². The van der Waals surface area contributed by atoms with E-state index in [1.54, 1.807) is 0 Å². The quantitative estimate of drug-likeness (QED) is 0.532. The number of rotatable bonds is 6. The number of carbonyl (C=O) groups excluding carboxylic acids is 1. The Morgan fingerprint density at radius 2 is 2.00 bits per heavy atom. The summed E-state index contributed by atoms with van der Waals surface area (Å²) in [7, 11) is 0. The first-order valence-electron chi connectivity index (χ1n) is 6.49. The lowest BCUT2D eigenvalue weighted by Gasteiger charge is -2.27. The van der Waals surface area contributed by atoms with E-state index in [-0.39, 0.29) is 31.4 Å². The van der Waals surface area contributed by atoms with Crippen LogP contribution in [0.5, 0.6) is 0 Å². The molecular formula is C12H20N2O6. The number of hydrogen-bond donors (Lipinski definition) is 4. The number of nitrogens with zero attached hydrogens (tertiary/aromatic N) is 1. The van der Waals surface area contributed by atoms with Crippen LogP contribution in [-0.2, 0) is 9.59 Å². The van der Waals surface area contributed by atoms with Crippen molar-refractivity contribution in [3.8, 4) is 0 Å². The van der Waals surface area contributed by atoms with Gasteiger partial charge in [0.05, 0.1) is 12.6 Å². The summed E-state index contributed by atoms with van der Waals surface area (Å²) in [5.41, 5.74) is 0. The molecule has 0 aromatic rings. The maximum Gasteiger partial charge on any atom is 0.326 e. The van der Waals surface area contributed by atoms with E-state index >= 15 is 0 Å².